The number of benzene rings is 2. The van der Waals surface area contributed by atoms with E-state index in [1.807, 2.05) is 24.3 Å². The highest BCUT2D eigenvalue weighted by Gasteiger charge is 2.20. The molecular formula is C33H30F2N6O3. The van der Waals surface area contributed by atoms with Gasteiger partial charge in [-0.2, -0.15) is 5.10 Å². The maximum absolute atomic E-state index is 14.9. The molecule has 2 aromatic carbocycles. The van der Waals surface area contributed by atoms with Crippen molar-refractivity contribution in [3.8, 4) is 29.1 Å². The van der Waals surface area contributed by atoms with Crippen LogP contribution in [0, 0.1) is 23.5 Å². The summed E-state index contributed by atoms with van der Waals surface area (Å²) in [4.78, 5) is 25.5. The highest BCUT2D eigenvalue weighted by Crippen LogP contribution is 2.30. The van der Waals surface area contributed by atoms with E-state index in [9.17, 15) is 13.6 Å². The second-order valence-corrected chi connectivity index (χ2v) is 10.7. The number of nitrogens with one attached hydrogen (secondary N) is 1. The van der Waals surface area contributed by atoms with E-state index in [1.165, 1.54) is 16.8 Å². The third-order valence-corrected chi connectivity index (χ3v) is 6.28. The summed E-state index contributed by atoms with van der Waals surface area (Å²) < 4.78 is 41.9. The maximum Gasteiger partial charge on any atom is 0.384 e. The fraction of sp³-hybridized carbons (Fsp3) is 0.242. The summed E-state index contributed by atoms with van der Waals surface area (Å²) >= 11 is 0. The number of nitrogens with zero attached hydrogens (tertiary/aromatic N) is 5. The number of hydrogen-bond donors (Lipinski definition) is 1. The monoisotopic (exact) mass is 596 g/mol. The second kappa shape index (κ2) is 12.9. The molecule has 0 atom stereocenters. The van der Waals surface area contributed by atoms with Crippen molar-refractivity contribution in [3.63, 3.8) is 0 Å². The van der Waals surface area contributed by atoms with Crippen LogP contribution in [0.3, 0.4) is 0 Å². The Hall–Kier alpha value is -5.37. The molecule has 224 valence electrons. The van der Waals surface area contributed by atoms with Gasteiger partial charge in [0.25, 0.3) is 0 Å². The SMILES string of the molecule is CCOc1cc(F)c(Cn2nc(-c3ncc(CC#CC(=O)OC(C)(C)C)c(Nc4ccncc4)n3)c3ccccc32)c(F)c1. The van der Waals surface area contributed by atoms with Crippen LogP contribution in [-0.2, 0) is 22.5 Å². The average Bonchev–Trinajstić information content (AvgIpc) is 3.34. The van der Waals surface area contributed by atoms with Gasteiger partial charge in [0.05, 0.1) is 18.7 Å². The third kappa shape index (κ3) is 7.15. The van der Waals surface area contributed by atoms with Crippen LogP contribution in [-0.4, -0.2) is 42.9 Å². The van der Waals surface area contributed by atoms with Crippen molar-refractivity contribution in [1.29, 1.82) is 0 Å². The van der Waals surface area contributed by atoms with Gasteiger partial charge in [-0.1, -0.05) is 24.1 Å². The molecule has 0 saturated heterocycles. The maximum atomic E-state index is 14.9. The molecule has 5 rings (SSSR count). The molecule has 0 unspecified atom stereocenters. The smallest absolute Gasteiger partial charge is 0.384 e. The summed E-state index contributed by atoms with van der Waals surface area (Å²) in [6.07, 6.45) is 5.05. The van der Waals surface area contributed by atoms with E-state index in [1.54, 1.807) is 58.4 Å². The fourth-order valence-electron chi connectivity index (χ4n) is 4.39. The highest BCUT2D eigenvalue weighted by atomic mass is 19.1. The molecule has 44 heavy (non-hydrogen) atoms. The molecule has 3 aromatic heterocycles. The van der Waals surface area contributed by atoms with Gasteiger partial charge in [0, 0.05) is 65.3 Å². The number of halogens is 2. The highest BCUT2D eigenvalue weighted by molar-refractivity contribution is 5.92. The number of rotatable bonds is 8. The Balaban J connectivity index is 1.52. The third-order valence-electron chi connectivity index (χ3n) is 6.28. The lowest BCUT2D eigenvalue weighted by molar-refractivity contribution is -0.147. The van der Waals surface area contributed by atoms with Crippen molar-refractivity contribution >= 4 is 28.4 Å². The van der Waals surface area contributed by atoms with Gasteiger partial charge in [-0.25, -0.2) is 23.5 Å². The molecule has 3 heterocycles. The van der Waals surface area contributed by atoms with Crippen molar-refractivity contribution in [1.82, 2.24) is 24.7 Å². The summed E-state index contributed by atoms with van der Waals surface area (Å²) in [6.45, 7) is 7.18. The Morgan fingerprint density at radius 1 is 1.07 bits per heavy atom. The van der Waals surface area contributed by atoms with E-state index in [-0.39, 0.29) is 30.1 Å². The molecule has 0 saturated carbocycles. The van der Waals surface area contributed by atoms with E-state index >= 15 is 0 Å². The van der Waals surface area contributed by atoms with Crippen LogP contribution in [0.2, 0.25) is 0 Å². The zero-order valence-electron chi connectivity index (χ0n) is 24.7. The van der Waals surface area contributed by atoms with Crippen LogP contribution in [0.15, 0.2) is 67.1 Å². The summed E-state index contributed by atoms with van der Waals surface area (Å²) in [5.74, 6) is 4.11. The lowest BCUT2D eigenvalue weighted by Gasteiger charge is -2.16. The molecule has 0 radical (unpaired) electrons. The van der Waals surface area contributed by atoms with Gasteiger partial charge < -0.3 is 14.8 Å². The van der Waals surface area contributed by atoms with Gasteiger partial charge in [-0.3, -0.25) is 9.67 Å². The normalized spacial score (nSPS) is 11.1. The summed E-state index contributed by atoms with van der Waals surface area (Å²) in [5, 5.41) is 8.66. The van der Waals surface area contributed by atoms with Gasteiger partial charge >= 0.3 is 5.97 Å². The van der Waals surface area contributed by atoms with Crippen molar-refractivity contribution in [2.75, 3.05) is 11.9 Å². The van der Waals surface area contributed by atoms with Gasteiger partial charge in [0.15, 0.2) is 5.82 Å². The van der Waals surface area contributed by atoms with Gasteiger partial charge in [0.2, 0.25) is 0 Å². The molecule has 11 heteroatoms. The zero-order chi connectivity index (χ0) is 31.3. The first-order chi connectivity index (χ1) is 21.1. The van der Waals surface area contributed by atoms with E-state index in [2.05, 4.69) is 27.1 Å². The number of aromatic nitrogens is 5. The van der Waals surface area contributed by atoms with E-state index in [0.29, 0.717) is 34.6 Å². The second-order valence-electron chi connectivity index (χ2n) is 10.7. The zero-order valence-corrected chi connectivity index (χ0v) is 24.7. The Morgan fingerprint density at radius 3 is 2.50 bits per heavy atom. The van der Waals surface area contributed by atoms with Gasteiger partial charge in [-0.15, -0.1) is 0 Å². The molecular weight excluding hydrogens is 566 g/mol. The van der Waals surface area contributed by atoms with Crippen LogP contribution in [0.1, 0.15) is 38.8 Å². The van der Waals surface area contributed by atoms with Gasteiger partial charge in [-0.05, 0) is 45.9 Å². The van der Waals surface area contributed by atoms with E-state index < -0.39 is 23.2 Å². The molecule has 0 amide bonds. The van der Waals surface area contributed by atoms with Crippen LogP contribution < -0.4 is 10.1 Å². The number of esters is 1. The first-order valence-electron chi connectivity index (χ1n) is 13.9. The Bertz CT molecular complexity index is 1850. The van der Waals surface area contributed by atoms with E-state index in [0.717, 1.165) is 5.69 Å². The Kier molecular flexibility index (Phi) is 8.81. The number of ether oxygens (including phenoxy) is 2. The topological polar surface area (TPSA) is 104 Å². The van der Waals surface area contributed by atoms with Crippen LogP contribution in [0.25, 0.3) is 22.4 Å². The molecule has 9 nitrogen and oxygen atoms in total. The predicted octanol–water partition coefficient (Wildman–Crippen LogP) is 6.24. The first kappa shape index (κ1) is 30.1. The van der Waals surface area contributed by atoms with Crippen LogP contribution in [0.5, 0.6) is 5.75 Å². The fourth-order valence-corrected chi connectivity index (χ4v) is 4.39. The number of carbonyl (C=O) groups is 1. The summed E-state index contributed by atoms with van der Waals surface area (Å²) in [5.41, 5.74) is 1.63. The van der Waals surface area contributed by atoms with Crippen molar-refractivity contribution < 1.29 is 23.0 Å². The largest absolute Gasteiger partial charge is 0.494 e. The predicted molar refractivity (Wildman–Crippen MR) is 162 cm³/mol. The lowest BCUT2D eigenvalue weighted by Crippen LogP contribution is -2.22. The minimum atomic E-state index is -0.730. The molecule has 0 aliphatic carbocycles. The molecule has 0 spiro atoms. The van der Waals surface area contributed by atoms with Crippen molar-refractivity contribution in [2.45, 2.75) is 46.3 Å². The minimum Gasteiger partial charge on any atom is -0.494 e. The molecule has 0 bridgehead atoms. The number of fused-ring (bicyclic) bond motifs is 1. The number of pyridine rings is 1. The Labute approximate surface area is 253 Å². The molecule has 0 aliphatic rings. The number of carbonyl (C=O) groups excluding carboxylic acids is 1. The minimum absolute atomic E-state index is 0.121. The summed E-state index contributed by atoms with van der Waals surface area (Å²) in [6, 6.07) is 13.2. The molecule has 0 fully saturated rings. The lowest BCUT2D eigenvalue weighted by atomic mass is 10.1. The number of anilines is 2. The number of para-hydroxylation sites is 1. The van der Waals surface area contributed by atoms with Crippen LogP contribution >= 0.6 is 0 Å². The number of hydrogen-bond acceptors (Lipinski definition) is 8. The summed E-state index contributed by atoms with van der Waals surface area (Å²) in [7, 11) is 0. The van der Waals surface area contributed by atoms with Crippen molar-refractivity contribution in [2.24, 2.45) is 0 Å². The van der Waals surface area contributed by atoms with Crippen molar-refractivity contribution in [3.05, 3.63) is 89.9 Å². The first-order valence-corrected chi connectivity index (χ1v) is 13.9. The van der Waals surface area contributed by atoms with Crippen LogP contribution in [0.4, 0.5) is 20.3 Å². The molecule has 0 aliphatic heterocycles. The van der Waals surface area contributed by atoms with Gasteiger partial charge in [0.1, 0.15) is 34.5 Å². The molecule has 5 aromatic rings. The standard InChI is InChI=1S/C33H30F2N6O3/c1-5-43-23-17-26(34)25(27(35)18-23)20-41-28-11-7-6-10-24(28)30(40-41)32-37-19-21(9-8-12-29(42)44-33(2,3)4)31(39-32)38-22-13-15-36-16-14-22/h6-7,10-11,13-19H,5,9,20H2,1-4H3,(H,36,37,38,39). The average molecular weight is 597 g/mol. The Morgan fingerprint density at radius 2 is 1.80 bits per heavy atom. The van der Waals surface area contributed by atoms with E-state index in [4.69, 9.17) is 19.6 Å². The quantitative estimate of drug-likeness (QED) is 0.128. The molecule has 1 N–H and O–H groups in total.